The van der Waals surface area contributed by atoms with Crippen molar-refractivity contribution in [2.45, 2.75) is 35.5 Å². The van der Waals surface area contributed by atoms with Crippen LogP contribution in [0, 0.1) is 0 Å². The third-order valence-corrected chi connectivity index (χ3v) is 9.51. The number of hydrogen-bond donors (Lipinski definition) is 1. The van der Waals surface area contributed by atoms with Crippen molar-refractivity contribution in [2.24, 2.45) is 0 Å². The van der Waals surface area contributed by atoms with E-state index < -0.39 is 32.6 Å². The van der Waals surface area contributed by atoms with Crippen LogP contribution in [0.3, 0.4) is 0 Å². The number of benzene rings is 2. The van der Waals surface area contributed by atoms with E-state index >= 15 is 0 Å². The standard InChI is InChI=1S/C22H28N6O6S2/c1-26(2)35(30,31)19-10-11-20-21(15-19)28(25-24-20)34-16-22(29)23-17-8-7-9-18(14-17)36(32,33)27-12-5-3-4-6-13-27/h7-11,14-15H,3-6,12-13,16H2,1-2H3,(H,23,29). The molecule has 194 valence electrons. The van der Waals surface area contributed by atoms with Crippen molar-refractivity contribution >= 4 is 42.7 Å². The fraction of sp³-hybridized carbons (Fsp3) is 0.409. The summed E-state index contributed by atoms with van der Waals surface area (Å²) in [5.74, 6) is -0.556. The largest absolute Gasteiger partial charge is 0.385 e. The summed E-state index contributed by atoms with van der Waals surface area (Å²) in [6.45, 7) is 0.499. The van der Waals surface area contributed by atoms with Gasteiger partial charge in [0.15, 0.2) is 6.61 Å². The van der Waals surface area contributed by atoms with Crippen LogP contribution in [0.4, 0.5) is 5.69 Å². The van der Waals surface area contributed by atoms with Gasteiger partial charge in [-0.25, -0.2) is 21.1 Å². The lowest BCUT2D eigenvalue weighted by atomic mass is 10.2. The second-order valence-corrected chi connectivity index (χ2v) is 12.7. The van der Waals surface area contributed by atoms with Gasteiger partial charge >= 0.3 is 0 Å². The Balaban J connectivity index is 1.45. The van der Waals surface area contributed by atoms with E-state index in [0.717, 1.165) is 34.8 Å². The number of carbonyl (C=O) groups excluding carboxylic acids is 1. The minimum atomic E-state index is -3.68. The number of nitrogens with zero attached hydrogens (tertiary/aromatic N) is 5. The zero-order chi connectivity index (χ0) is 25.9. The van der Waals surface area contributed by atoms with Crippen LogP contribution >= 0.6 is 0 Å². The first kappa shape index (κ1) is 26.0. The van der Waals surface area contributed by atoms with Gasteiger partial charge in [0.2, 0.25) is 20.0 Å². The summed E-state index contributed by atoms with van der Waals surface area (Å²) < 4.78 is 53.5. The van der Waals surface area contributed by atoms with E-state index in [9.17, 15) is 21.6 Å². The van der Waals surface area contributed by atoms with E-state index in [2.05, 4.69) is 15.6 Å². The third kappa shape index (κ3) is 5.51. The van der Waals surface area contributed by atoms with Crippen LogP contribution in [0.25, 0.3) is 11.0 Å². The van der Waals surface area contributed by atoms with Gasteiger partial charge in [-0.05, 0) is 54.5 Å². The van der Waals surface area contributed by atoms with Gasteiger partial charge in [0, 0.05) is 32.9 Å². The Morgan fingerprint density at radius 2 is 1.72 bits per heavy atom. The van der Waals surface area contributed by atoms with Crippen molar-refractivity contribution in [3.63, 3.8) is 0 Å². The number of aromatic nitrogens is 3. The van der Waals surface area contributed by atoms with Crippen LogP contribution in [-0.4, -0.2) is 80.3 Å². The maximum Gasteiger partial charge on any atom is 0.265 e. The predicted octanol–water partition coefficient (Wildman–Crippen LogP) is 1.31. The number of amides is 1. The van der Waals surface area contributed by atoms with Gasteiger partial charge < -0.3 is 10.2 Å². The Labute approximate surface area is 209 Å². The van der Waals surface area contributed by atoms with Crippen LogP contribution in [0.15, 0.2) is 52.3 Å². The van der Waals surface area contributed by atoms with Gasteiger partial charge in [0.05, 0.1) is 9.79 Å². The summed E-state index contributed by atoms with van der Waals surface area (Å²) in [6, 6.07) is 10.3. The van der Waals surface area contributed by atoms with Crippen molar-refractivity contribution < 1.29 is 26.5 Å². The van der Waals surface area contributed by atoms with Gasteiger partial charge in [-0.3, -0.25) is 4.79 Å². The van der Waals surface area contributed by atoms with Crippen molar-refractivity contribution in [3.8, 4) is 0 Å². The molecule has 3 aromatic rings. The molecule has 1 fully saturated rings. The lowest BCUT2D eigenvalue weighted by molar-refractivity contribution is -0.121. The molecule has 0 bridgehead atoms. The highest BCUT2D eigenvalue weighted by molar-refractivity contribution is 7.89. The van der Waals surface area contributed by atoms with Gasteiger partial charge in [-0.2, -0.15) is 4.31 Å². The fourth-order valence-corrected chi connectivity index (χ4v) is 6.31. The Kier molecular flexibility index (Phi) is 7.59. The third-order valence-electron chi connectivity index (χ3n) is 5.80. The quantitative estimate of drug-likeness (QED) is 0.454. The minimum absolute atomic E-state index is 0.0269. The van der Waals surface area contributed by atoms with E-state index in [0.29, 0.717) is 24.3 Å². The molecule has 2 aromatic carbocycles. The number of fused-ring (bicyclic) bond motifs is 1. The zero-order valence-electron chi connectivity index (χ0n) is 20.0. The van der Waals surface area contributed by atoms with E-state index in [4.69, 9.17) is 4.84 Å². The maximum absolute atomic E-state index is 13.0. The maximum atomic E-state index is 13.0. The van der Waals surface area contributed by atoms with E-state index in [1.165, 1.54) is 48.7 Å². The number of nitrogens with one attached hydrogen (secondary N) is 1. The zero-order valence-corrected chi connectivity index (χ0v) is 21.6. The first-order chi connectivity index (χ1) is 17.1. The molecular weight excluding hydrogens is 508 g/mol. The summed E-state index contributed by atoms with van der Waals surface area (Å²) in [5.41, 5.74) is 0.970. The summed E-state index contributed by atoms with van der Waals surface area (Å²) >= 11 is 0. The molecule has 2 heterocycles. The summed E-state index contributed by atoms with van der Waals surface area (Å²) in [5, 5.41) is 10.4. The van der Waals surface area contributed by atoms with Crippen LogP contribution in [0.2, 0.25) is 0 Å². The molecule has 0 saturated carbocycles. The summed E-state index contributed by atoms with van der Waals surface area (Å²) in [6.07, 6.45) is 3.67. The second-order valence-electron chi connectivity index (χ2n) is 8.57. The smallest absolute Gasteiger partial charge is 0.265 e. The Hall–Kier alpha value is -3.07. The molecule has 1 aliphatic rings. The fourth-order valence-electron chi connectivity index (χ4n) is 3.83. The molecule has 1 amide bonds. The number of carbonyl (C=O) groups is 1. The predicted molar refractivity (Wildman–Crippen MR) is 132 cm³/mol. The topological polar surface area (TPSA) is 144 Å². The SMILES string of the molecule is CN(C)S(=O)(=O)c1ccc2nnn(OCC(=O)Nc3cccc(S(=O)(=O)N4CCCCCC4)c3)c2c1. The van der Waals surface area contributed by atoms with E-state index in [1.54, 1.807) is 12.1 Å². The molecule has 0 spiro atoms. The van der Waals surface area contributed by atoms with Crippen molar-refractivity contribution in [1.82, 2.24) is 23.8 Å². The molecule has 1 saturated heterocycles. The van der Waals surface area contributed by atoms with Gasteiger partial charge in [-0.1, -0.05) is 23.8 Å². The van der Waals surface area contributed by atoms with Crippen LogP contribution < -0.4 is 10.2 Å². The van der Waals surface area contributed by atoms with Crippen molar-refractivity contribution in [2.75, 3.05) is 39.1 Å². The molecule has 0 atom stereocenters. The number of rotatable bonds is 8. The van der Waals surface area contributed by atoms with Crippen molar-refractivity contribution in [1.29, 1.82) is 0 Å². The van der Waals surface area contributed by atoms with Crippen LogP contribution in [-0.2, 0) is 24.8 Å². The lowest BCUT2D eigenvalue weighted by Crippen LogP contribution is -2.32. The molecule has 1 N–H and O–H groups in total. The highest BCUT2D eigenvalue weighted by Gasteiger charge is 2.25. The van der Waals surface area contributed by atoms with Gasteiger partial charge in [-0.15, -0.1) is 5.10 Å². The highest BCUT2D eigenvalue weighted by atomic mass is 32.2. The molecule has 1 aliphatic heterocycles. The molecule has 0 aliphatic carbocycles. The summed E-state index contributed by atoms with van der Waals surface area (Å²) in [7, 11) is -4.51. The Bertz CT molecular complexity index is 1460. The number of anilines is 1. The Morgan fingerprint density at radius 3 is 2.42 bits per heavy atom. The molecule has 4 rings (SSSR count). The van der Waals surface area contributed by atoms with E-state index in [-0.39, 0.29) is 15.3 Å². The first-order valence-corrected chi connectivity index (χ1v) is 14.3. The minimum Gasteiger partial charge on any atom is -0.385 e. The number of hydrogen-bond acceptors (Lipinski definition) is 8. The molecule has 14 heteroatoms. The van der Waals surface area contributed by atoms with Crippen LogP contribution in [0.1, 0.15) is 25.7 Å². The molecule has 0 radical (unpaired) electrons. The summed E-state index contributed by atoms with van der Waals surface area (Å²) in [4.78, 5) is 19.0. The second kappa shape index (κ2) is 10.5. The van der Waals surface area contributed by atoms with E-state index in [1.807, 2.05) is 0 Å². The van der Waals surface area contributed by atoms with Gasteiger partial charge in [0.25, 0.3) is 5.91 Å². The highest BCUT2D eigenvalue weighted by Crippen LogP contribution is 2.23. The lowest BCUT2D eigenvalue weighted by Gasteiger charge is -2.20. The monoisotopic (exact) mass is 536 g/mol. The molecule has 36 heavy (non-hydrogen) atoms. The molecular formula is C22H28N6O6S2. The van der Waals surface area contributed by atoms with Crippen LogP contribution in [0.5, 0.6) is 0 Å². The Morgan fingerprint density at radius 1 is 1.00 bits per heavy atom. The molecule has 1 aromatic heterocycles. The average molecular weight is 537 g/mol. The normalized spacial score (nSPS) is 15.6. The average Bonchev–Trinajstić information content (AvgIpc) is 3.04. The molecule has 0 unspecified atom stereocenters. The number of sulfonamides is 2. The first-order valence-electron chi connectivity index (χ1n) is 11.4. The van der Waals surface area contributed by atoms with Gasteiger partial charge in [0.1, 0.15) is 11.0 Å². The van der Waals surface area contributed by atoms with Crippen molar-refractivity contribution in [3.05, 3.63) is 42.5 Å². The molecule has 12 nitrogen and oxygen atoms in total.